The molecule has 0 atom stereocenters. The van der Waals surface area contributed by atoms with E-state index in [-0.39, 0.29) is 11.4 Å². The summed E-state index contributed by atoms with van der Waals surface area (Å²) in [6, 6.07) is 5.07. The molecule has 0 amide bonds. The second kappa shape index (κ2) is 6.71. The van der Waals surface area contributed by atoms with E-state index >= 15 is 0 Å². The van der Waals surface area contributed by atoms with Gasteiger partial charge in [-0.25, -0.2) is 4.39 Å². The van der Waals surface area contributed by atoms with E-state index in [1.807, 2.05) is 0 Å². The standard InChI is InChI=1S/C15H22BrFN2/c16-13-10-12(6-7-14(13)17)19-15(11-18)8-4-2-1-3-5-9-15/h6-7,10,19H,1-5,8-9,11,18H2. The summed E-state index contributed by atoms with van der Waals surface area (Å²) in [7, 11) is 0. The van der Waals surface area contributed by atoms with Crippen LogP contribution in [0.3, 0.4) is 0 Å². The van der Waals surface area contributed by atoms with Crippen LogP contribution >= 0.6 is 15.9 Å². The van der Waals surface area contributed by atoms with Crippen molar-refractivity contribution in [2.75, 3.05) is 11.9 Å². The van der Waals surface area contributed by atoms with Crippen molar-refractivity contribution in [2.45, 2.75) is 50.5 Å². The van der Waals surface area contributed by atoms with Gasteiger partial charge in [-0.2, -0.15) is 0 Å². The normalized spacial score (nSPS) is 19.5. The van der Waals surface area contributed by atoms with Crippen molar-refractivity contribution in [2.24, 2.45) is 5.73 Å². The van der Waals surface area contributed by atoms with Gasteiger partial charge >= 0.3 is 0 Å². The Morgan fingerprint density at radius 1 is 1.16 bits per heavy atom. The molecule has 4 heteroatoms. The number of anilines is 1. The Labute approximate surface area is 123 Å². The van der Waals surface area contributed by atoms with Gasteiger partial charge in [0, 0.05) is 17.8 Å². The van der Waals surface area contributed by atoms with Gasteiger partial charge in [0.15, 0.2) is 0 Å². The predicted molar refractivity (Wildman–Crippen MR) is 81.8 cm³/mol. The second-order valence-electron chi connectivity index (χ2n) is 5.51. The van der Waals surface area contributed by atoms with E-state index in [1.54, 1.807) is 12.1 Å². The number of halogens is 2. The van der Waals surface area contributed by atoms with Crippen LogP contribution in [0.4, 0.5) is 10.1 Å². The first-order valence-electron chi connectivity index (χ1n) is 7.08. The molecular formula is C15H22BrFN2. The summed E-state index contributed by atoms with van der Waals surface area (Å²) in [5.41, 5.74) is 6.94. The Kier molecular flexibility index (Phi) is 5.22. The Morgan fingerprint density at radius 2 is 1.79 bits per heavy atom. The Hall–Kier alpha value is -0.610. The Bertz CT molecular complexity index is 415. The van der Waals surface area contributed by atoms with Crippen molar-refractivity contribution >= 4 is 21.6 Å². The zero-order chi connectivity index (χ0) is 13.7. The lowest BCUT2D eigenvalue weighted by molar-refractivity contribution is 0.351. The van der Waals surface area contributed by atoms with E-state index in [0.717, 1.165) is 18.5 Å². The molecule has 106 valence electrons. The maximum atomic E-state index is 13.3. The second-order valence-corrected chi connectivity index (χ2v) is 6.36. The molecule has 0 aliphatic heterocycles. The SMILES string of the molecule is NCC1(Nc2ccc(F)c(Br)c2)CCCCCCC1. The van der Waals surface area contributed by atoms with Gasteiger partial charge in [0.25, 0.3) is 0 Å². The third-order valence-electron chi connectivity index (χ3n) is 4.03. The van der Waals surface area contributed by atoms with E-state index in [0.29, 0.717) is 11.0 Å². The average Bonchev–Trinajstić information content (AvgIpc) is 2.37. The van der Waals surface area contributed by atoms with Crippen LogP contribution in [0.25, 0.3) is 0 Å². The first-order chi connectivity index (χ1) is 9.15. The summed E-state index contributed by atoms with van der Waals surface area (Å²) in [6.07, 6.45) is 8.53. The number of benzene rings is 1. The highest BCUT2D eigenvalue weighted by atomic mass is 79.9. The lowest BCUT2D eigenvalue weighted by Crippen LogP contribution is -2.46. The number of nitrogens with two attached hydrogens (primary N) is 1. The smallest absolute Gasteiger partial charge is 0.137 e. The van der Waals surface area contributed by atoms with Gasteiger partial charge in [-0.3, -0.25) is 0 Å². The van der Waals surface area contributed by atoms with Gasteiger partial charge in [0.1, 0.15) is 5.82 Å². The minimum Gasteiger partial charge on any atom is -0.378 e. The first kappa shape index (κ1) is 14.8. The Balaban J connectivity index is 2.13. The van der Waals surface area contributed by atoms with E-state index in [2.05, 4.69) is 21.2 Å². The molecule has 0 bridgehead atoms. The molecule has 1 aliphatic rings. The van der Waals surface area contributed by atoms with E-state index in [9.17, 15) is 4.39 Å². The van der Waals surface area contributed by atoms with Crippen LogP contribution in [0.15, 0.2) is 22.7 Å². The van der Waals surface area contributed by atoms with E-state index in [4.69, 9.17) is 5.73 Å². The zero-order valence-electron chi connectivity index (χ0n) is 11.2. The fourth-order valence-corrected chi connectivity index (χ4v) is 3.22. The molecule has 0 saturated heterocycles. The van der Waals surface area contributed by atoms with Gasteiger partial charge in [0.05, 0.1) is 4.47 Å². The third-order valence-corrected chi connectivity index (χ3v) is 4.64. The molecule has 1 aliphatic carbocycles. The van der Waals surface area contributed by atoms with Gasteiger partial charge in [-0.05, 0) is 47.0 Å². The summed E-state index contributed by atoms with van der Waals surface area (Å²) >= 11 is 3.23. The lowest BCUT2D eigenvalue weighted by atomic mass is 9.83. The molecule has 0 heterocycles. The van der Waals surface area contributed by atoms with Crippen molar-refractivity contribution in [1.29, 1.82) is 0 Å². The van der Waals surface area contributed by atoms with Gasteiger partial charge < -0.3 is 11.1 Å². The maximum Gasteiger partial charge on any atom is 0.137 e. The van der Waals surface area contributed by atoms with Gasteiger partial charge in [0.2, 0.25) is 0 Å². The van der Waals surface area contributed by atoms with Crippen LogP contribution in [0.1, 0.15) is 44.9 Å². The van der Waals surface area contributed by atoms with Crippen molar-refractivity contribution in [3.8, 4) is 0 Å². The molecule has 3 N–H and O–H groups in total. The molecule has 1 aromatic carbocycles. The van der Waals surface area contributed by atoms with Crippen LogP contribution in [-0.4, -0.2) is 12.1 Å². The predicted octanol–water partition coefficient (Wildman–Crippen LogP) is 4.44. The molecule has 19 heavy (non-hydrogen) atoms. The number of nitrogens with one attached hydrogen (secondary N) is 1. The van der Waals surface area contributed by atoms with Crippen molar-refractivity contribution in [1.82, 2.24) is 0 Å². The molecule has 1 fully saturated rings. The van der Waals surface area contributed by atoms with Crippen LogP contribution < -0.4 is 11.1 Å². The van der Waals surface area contributed by atoms with Crippen molar-refractivity contribution < 1.29 is 4.39 Å². The summed E-state index contributed by atoms with van der Waals surface area (Å²) in [6.45, 7) is 0.627. The van der Waals surface area contributed by atoms with E-state index in [1.165, 1.54) is 38.2 Å². The Morgan fingerprint density at radius 3 is 2.37 bits per heavy atom. The zero-order valence-corrected chi connectivity index (χ0v) is 12.8. The van der Waals surface area contributed by atoms with Gasteiger partial charge in [-0.15, -0.1) is 0 Å². The highest BCUT2D eigenvalue weighted by Crippen LogP contribution is 2.30. The molecule has 0 spiro atoms. The molecule has 1 saturated carbocycles. The fraction of sp³-hybridized carbons (Fsp3) is 0.600. The highest BCUT2D eigenvalue weighted by molar-refractivity contribution is 9.10. The lowest BCUT2D eigenvalue weighted by Gasteiger charge is -2.36. The monoisotopic (exact) mass is 328 g/mol. The molecule has 0 aromatic heterocycles. The van der Waals surface area contributed by atoms with Crippen molar-refractivity contribution in [3.05, 3.63) is 28.5 Å². The molecule has 1 aromatic rings. The summed E-state index contributed by atoms with van der Waals surface area (Å²) in [5.74, 6) is -0.231. The summed E-state index contributed by atoms with van der Waals surface area (Å²) in [5, 5.41) is 3.56. The fourth-order valence-electron chi connectivity index (χ4n) is 2.84. The first-order valence-corrected chi connectivity index (χ1v) is 7.88. The van der Waals surface area contributed by atoms with Crippen LogP contribution in [0.5, 0.6) is 0 Å². The summed E-state index contributed by atoms with van der Waals surface area (Å²) in [4.78, 5) is 0. The third kappa shape index (κ3) is 3.93. The minimum atomic E-state index is -0.231. The molecule has 0 unspecified atom stereocenters. The number of rotatable bonds is 3. The molecule has 0 radical (unpaired) electrons. The van der Waals surface area contributed by atoms with Crippen LogP contribution in [-0.2, 0) is 0 Å². The van der Waals surface area contributed by atoms with E-state index < -0.39 is 0 Å². The van der Waals surface area contributed by atoms with Gasteiger partial charge in [-0.1, -0.05) is 32.1 Å². The van der Waals surface area contributed by atoms with Crippen LogP contribution in [0, 0.1) is 5.82 Å². The van der Waals surface area contributed by atoms with Crippen molar-refractivity contribution in [3.63, 3.8) is 0 Å². The maximum absolute atomic E-state index is 13.3. The molecule has 2 nitrogen and oxygen atoms in total. The number of hydrogen-bond donors (Lipinski definition) is 2. The molecular weight excluding hydrogens is 307 g/mol. The highest BCUT2D eigenvalue weighted by Gasteiger charge is 2.28. The topological polar surface area (TPSA) is 38.0 Å². The average molecular weight is 329 g/mol. The molecule has 2 rings (SSSR count). The van der Waals surface area contributed by atoms with Crippen LogP contribution in [0.2, 0.25) is 0 Å². The quantitative estimate of drug-likeness (QED) is 0.860. The summed E-state index contributed by atoms with van der Waals surface area (Å²) < 4.78 is 13.8. The number of hydrogen-bond acceptors (Lipinski definition) is 2. The largest absolute Gasteiger partial charge is 0.378 e. The minimum absolute atomic E-state index is 0.0301.